The Hall–Kier alpha value is -1.75. The summed E-state index contributed by atoms with van der Waals surface area (Å²) in [7, 11) is 1.58. The summed E-state index contributed by atoms with van der Waals surface area (Å²) in [5.74, 6) is -0.110. The summed E-state index contributed by atoms with van der Waals surface area (Å²) in [5.41, 5.74) is 5.99. The fourth-order valence-electron chi connectivity index (χ4n) is 1.44. The van der Waals surface area contributed by atoms with Gasteiger partial charge in [-0.15, -0.1) is 0 Å². The fourth-order valence-corrected chi connectivity index (χ4v) is 1.44. The summed E-state index contributed by atoms with van der Waals surface area (Å²) < 4.78 is 15.7. The van der Waals surface area contributed by atoms with Crippen LogP contribution in [0.5, 0.6) is 5.75 Å². The standard InChI is InChI=1S/C14H21NO4/c1-14(2,3)19-13(16)10-6-5-7-11(15)12(10)18-9-8-17-4/h5-7H,8-9,15H2,1-4H3. The van der Waals surface area contributed by atoms with Crippen molar-refractivity contribution < 1.29 is 19.0 Å². The first-order valence-corrected chi connectivity index (χ1v) is 6.08. The summed E-state index contributed by atoms with van der Waals surface area (Å²) in [5, 5.41) is 0. The van der Waals surface area contributed by atoms with Crippen molar-refractivity contribution in [3.05, 3.63) is 23.8 Å². The van der Waals surface area contributed by atoms with Gasteiger partial charge in [0.25, 0.3) is 0 Å². The largest absolute Gasteiger partial charge is 0.488 e. The van der Waals surface area contributed by atoms with Crippen LogP contribution < -0.4 is 10.5 Å². The number of nitrogens with two attached hydrogens (primary N) is 1. The monoisotopic (exact) mass is 267 g/mol. The number of rotatable bonds is 5. The number of anilines is 1. The maximum atomic E-state index is 12.1. The number of para-hydroxylation sites is 1. The summed E-state index contributed by atoms with van der Waals surface area (Å²) in [6.45, 7) is 6.16. The van der Waals surface area contributed by atoms with Gasteiger partial charge in [0, 0.05) is 7.11 Å². The molecule has 0 unspecified atom stereocenters. The smallest absolute Gasteiger partial charge is 0.342 e. The van der Waals surface area contributed by atoms with Gasteiger partial charge in [-0.1, -0.05) is 6.07 Å². The van der Waals surface area contributed by atoms with E-state index in [1.807, 2.05) is 20.8 Å². The lowest BCUT2D eigenvalue weighted by Crippen LogP contribution is -2.24. The van der Waals surface area contributed by atoms with Gasteiger partial charge in [0.2, 0.25) is 0 Å². The maximum absolute atomic E-state index is 12.1. The molecule has 0 atom stereocenters. The molecule has 19 heavy (non-hydrogen) atoms. The highest BCUT2D eigenvalue weighted by Gasteiger charge is 2.22. The second-order valence-electron chi connectivity index (χ2n) is 5.07. The number of carbonyl (C=O) groups is 1. The molecule has 5 nitrogen and oxygen atoms in total. The summed E-state index contributed by atoms with van der Waals surface area (Å²) in [6.07, 6.45) is 0. The van der Waals surface area contributed by atoms with Crippen LogP contribution in [0.2, 0.25) is 0 Å². The van der Waals surface area contributed by atoms with Crippen molar-refractivity contribution in [1.82, 2.24) is 0 Å². The topological polar surface area (TPSA) is 70.8 Å². The molecule has 0 spiro atoms. The lowest BCUT2D eigenvalue weighted by molar-refractivity contribution is 0.00650. The van der Waals surface area contributed by atoms with Crippen LogP contribution in [-0.2, 0) is 9.47 Å². The molecule has 0 aliphatic heterocycles. The van der Waals surface area contributed by atoms with Crippen molar-refractivity contribution in [2.45, 2.75) is 26.4 Å². The molecule has 0 fully saturated rings. The molecule has 0 aromatic heterocycles. The van der Waals surface area contributed by atoms with E-state index < -0.39 is 11.6 Å². The van der Waals surface area contributed by atoms with Gasteiger partial charge in [-0.05, 0) is 32.9 Å². The summed E-state index contributed by atoms with van der Waals surface area (Å²) in [6, 6.07) is 5.00. The number of carbonyl (C=O) groups excluding carboxylic acids is 1. The molecule has 5 heteroatoms. The average molecular weight is 267 g/mol. The van der Waals surface area contributed by atoms with E-state index in [2.05, 4.69) is 0 Å². The van der Waals surface area contributed by atoms with E-state index in [9.17, 15) is 4.79 Å². The Labute approximate surface area is 113 Å². The van der Waals surface area contributed by atoms with E-state index in [4.69, 9.17) is 19.9 Å². The number of methoxy groups -OCH3 is 1. The molecule has 0 heterocycles. The van der Waals surface area contributed by atoms with E-state index in [-0.39, 0.29) is 0 Å². The number of ether oxygens (including phenoxy) is 3. The molecule has 0 bridgehead atoms. The molecule has 0 radical (unpaired) electrons. The first kappa shape index (κ1) is 15.3. The molecule has 1 aromatic carbocycles. The first-order valence-electron chi connectivity index (χ1n) is 6.08. The molecular weight excluding hydrogens is 246 g/mol. The molecule has 106 valence electrons. The van der Waals surface area contributed by atoms with Gasteiger partial charge in [-0.3, -0.25) is 0 Å². The third-order valence-electron chi connectivity index (χ3n) is 2.20. The number of nitrogen functional groups attached to an aromatic ring is 1. The molecule has 1 rings (SSSR count). The van der Waals surface area contributed by atoms with Crippen LogP contribution in [0.4, 0.5) is 5.69 Å². The summed E-state index contributed by atoms with van der Waals surface area (Å²) in [4.78, 5) is 12.1. The third-order valence-corrected chi connectivity index (χ3v) is 2.20. The van der Waals surface area contributed by atoms with Crippen molar-refractivity contribution in [1.29, 1.82) is 0 Å². The van der Waals surface area contributed by atoms with Crippen LogP contribution in [0.3, 0.4) is 0 Å². The van der Waals surface area contributed by atoms with Crippen molar-refractivity contribution in [2.75, 3.05) is 26.1 Å². The van der Waals surface area contributed by atoms with Crippen molar-refractivity contribution >= 4 is 11.7 Å². The lowest BCUT2D eigenvalue weighted by Gasteiger charge is -2.21. The molecule has 1 aromatic rings. The van der Waals surface area contributed by atoms with Gasteiger partial charge < -0.3 is 19.9 Å². The van der Waals surface area contributed by atoms with Gasteiger partial charge in [0.15, 0.2) is 5.75 Å². The number of esters is 1. The van der Waals surface area contributed by atoms with Gasteiger partial charge in [-0.2, -0.15) is 0 Å². The van der Waals surface area contributed by atoms with Crippen LogP contribution >= 0.6 is 0 Å². The third kappa shape index (κ3) is 4.79. The van der Waals surface area contributed by atoms with Gasteiger partial charge in [0.1, 0.15) is 17.8 Å². The maximum Gasteiger partial charge on any atom is 0.342 e. The first-order chi connectivity index (χ1) is 8.85. The minimum absolute atomic E-state index is 0.320. The predicted molar refractivity (Wildman–Crippen MR) is 73.4 cm³/mol. The zero-order chi connectivity index (χ0) is 14.5. The molecule has 2 N–H and O–H groups in total. The van der Waals surface area contributed by atoms with Gasteiger partial charge in [0.05, 0.1) is 12.3 Å². The Kier molecular flexibility index (Phi) is 5.18. The quantitative estimate of drug-likeness (QED) is 0.503. The van der Waals surface area contributed by atoms with E-state index >= 15 is 0 Å². The number of hydrogen-bond donors (Lipinski definition) is 1. The van der Waals surface area contributed by atoms with Crippen LogP contribution in [0.1, 0.15) is 31.1 Å². The van der Waals surface area contributed by atoms with Crippen LogP contribution in [0, 0.1) is 0 Å². The van der Waals surface area contributed by atoms with Crippen molar-refractivity contribution in [3.8, 4) is 5.75 Å². The van der Waals surface area contributed by atoms with E-state index in [0.717, 1.165) is 0 Å². The Morgan fingerprint density at radius 3 is 2.53 bits per heavy atom. The Morgan fingerprint density at radius 1 is 1.26 bits per heavy atom. The van der Waals surface area contributed by atoms with E-state index in [0.29, 0.717) is 30.2 Å². The fraction of sp³-hybridized carbons (Fsp3) is 0.500. The zero-order valence-corrected chi connectivity index (χ0v) is 11.9. The molecule has 0 saturated carbocycles. The molecule has 0 amide bonds. The number of hydrogen-bond acceptors (Lipinski definition) is 5. The second kappa shape index (κ2) is 6.43. The summed E-state index contributed by atoms with van der Waals surface area (Å²) >= 11 is 0. The Bertz CT molecular complexity index is 438. The predicted octanol–water partition coefficient (Wildman–Crippen LogP) is 2.25. The average Bonchev–Trinajstić information content (AvgIpc) is 2.29. The zero-order valence-electron chi connectivity index (χ0n) is 11.9. The van der Waals surface area contributed by atoms with E-state index in [1.54, 1.807) is 25.3 Å². The minimum atomic E-state index is -0.564. The number of benzene rings is 1. The lowest BCUT2D eigenvalue weighted by atomic mass is 10.1. The van der Waals surface area contributed by atoms with Crippen LogP contribution in [-0.4, -0.2) is 31.9 Å². The molecule has 0 saturated heterocycles. The van der Waals surface area contributed by atoms with Gasteiger partial charge >= 0.3 is 5.97 Å². The molecule has 0 aliphatic carbocycles. The van der Waals surface area contributed by atoms with Crippen LogP contribution in [0.25, 0.3) is 0 Å². The highest BCUT2D eigenvalue weighted by atomic mass is 16.6. The SMILES string of the molecule is COCCOc1c(N)cccc1C(=O)OC(C)(C)C. The minimum Gasteiger partial charge on any atom is -0.488 e. The Balaban J connectivity index is 2.93. The van der Waals surface area contributed by atoms with Crippen LogP contribution in [0.15, 0.2) is 18.2 Å². The van der Waals surface area contributed by atoms with E-state index in [1.165, 1.54) is 0 Å². The molecular formula is C14H21NO4. The Morgan fingerprint density at radius 2 is 1.95 bits per heavy atom. The van der Waals surface area contributed by atoms with Crippen molar-refractivity contribution in [3.63, 3.8) is 0 Å². The highest BCUT2D eigenvalue weighted by Crippen LogP contribution is 2.28. The van der Waals surface area contributed by atoms with Crippen molar-refractivity contribution in [2.24, 2.45) is 0 Å². The normalized spacial score (nSPS) is 11.2. The van der Waals surface area contributed by atoms with Gasteiger partial charge in [-0.25, -0.2) is 4.79 Å². The second-order valence-corrected chi connectivity index (χ2v) is 5.07. The highest BCUT2D eigenvalue weighted by molar-refractivity contribution is 5.94. The molecule has 0 aliphatic rings.